The average molecular weight is 339 g/mol. The van der Waals surface area contributed by atoms with Gasteiger partial charge in [-0.25, -0.2) is 9.97 Å². The highest BCUT2D eigenvalue weighted by atomic mass is 16.5. The Labute approximate surface area is 143 Å². The van der Waals surface area contributed by atoms with Gasteiger partial charge in [-0.2, -0.15) is 0 Å². The molecule has 0 aliphatic rings. The van der Waals surface area contributed by atoms with Crippen molar-refractivity contribution in [2.45, 2.75) is 0 Å². The molecule has 2 amide bonds. The summed E-state index contributed by atoms with van der Waals surface area (Å²) in [5.74, 6) is -1.03. The van der Waals surface area contributed by atoms with Crippen molar-refractivity contribution >= 4 is 17.5 Å². The van der Waals surface area contributed by atoms with E-state index >= 15 is 0 Å². The highest BCUT2D eigenvalue weighted by Crippen LogP contribution is 2.21. The van der Waals surface area contributed by atoms with E-state index in [1.807, 2.05) is 30.3 Å². The van der Waals surface area contributed by atoms with Gasteiger partial charge in [0.25, 0.3) is 11.8 Å². The van der Waals surface area contributed by atoms with E-state index in [9.17, 15) is 9.59 Å². The van der Waals surface area contributed by atoms with Gasteiger partial charge in [0, 0.05) is 19.2 Å². The molecule has 128 valence electrons. The molecule has 0 aliphatic heterocycles. The number of hydrogen-bond acceptors (Lipinski definition) is 5. The zero-order valence-electron chi connectivity index (χ0n) is 13.6. The van der Waals surface area contributed by atoms with Gasteiger partial charge in [-0.3, -0.25) is 14.0 Å². The number of nitrogens with two attached hydrogens (primary N) is 1. The first-order valence-corrected chi connectivity index (χ1v) is 7.62. The van der Waals surface area contributed by atoms with Crippen LogP contribution in [0.4, 0.5) is 0 Å². The molecule has 0 bridgehead atoms. The number of methoxy groups -OCH3 is 1. The van der Waals surface area contributed by atoms with Crippen LogP contribution >= 0.6 is 0 Å². The fraction of sp³-hybridized carbons (Fsp3) is 0.176. The van der Waals surface area contributed by atoms with Crippen LogP contribution < -0.4 is 11.1 Å². The van der Waals surface area contributed by atoms with Gasteiger partial charge in [-0.1, -0.05) is 30.3 Å². The van der Waals surface area contributed by atoms with Gasteiger partial charge in [-0.15, -0.1) is 0 Å². The molecular formula is C17H17N5O3. The molecule has 0 aliphatic carbocycles. The average Bonchev–Trinajstić information content (AvgIpc) is 3.06. The van der Waals surface area contributed by atoms with Crippen LogP contribution in [0.25, 0.3) is 16.9 Å². The molecule has 0 unspecified atom stereocenters. The maximum atomic E-state index is 12.5. The zero-order valence-corrected chi connectivity index (χ0v) is 13.6. The first kappa shape index (κ1) is 16.6. The van der Waals surface area contributed by atoms with Gasteiger partial charge >= 0.3 is 0 Å². The molecule has 8 heteroatoms. The summed E-state index contributed by atoms with van der Waals surface area (Å²) in [6.07, 6.45) is 1.36. The summed E-state index contributed by atoms with van der Waals surface area (Å²) in [5, 5.41) is 2.75. The Bertz CT molecular complexity index is 921. The van der Waals surface area contributed by atoms with E-state index in [1.54, 1.807) is 13.2 Å². The van der Waals surface area contributed by atoms with Crippen molar-refractivity contribution < 1.29 is 14.3 Å². The van der Waals surface area contributed by atoms with Crippen LogP contribution in [0, 0.1) is 0 Å². The minimum absolute atomic E-state index is 0.0173. The summed E-state index contributed by atoms with van der Waals surface area (Å²) in [6.45, 7) is 0.749. The lowest BCUT2D eigenvalue weighted by Gasteiger charge is -2.10. The van der Waals surface area contributed by atoms with Crippen molar-refractivity contribution in [1.29, 1.82) is 0 Å². The van der Waals surface area contributed by atoms with E-state index in [1.165, 1.54) is 10.7 Å². The van der Waals surface area contributed by atoms with E-state index in [0.29, 0.717) is 24.5 Å². The van der Waals surface area contributed by atoms with Gasteiger partial charge in [0.05, 0.1) is 12.3 Å². The van der Waals surface area contributed by atoms with Crippen molar-refractivity contribution in [2.24, 2.45) is 5.73 Å². The summed E-state index contributed by atoms with van der Waals surface area (Å²) >= 11 is 0. The second kappa shape index (κ2) is 7.10. The Morgan fingerprint density at radius 3 is 2.72 bits per heavy atom. The summed E-state index contributed by atoms with van der Waals surface area (Å²) < 4.78 is 6.39. The number of imidazole rings is 1. The number of fused-ring (bicyclic) bond motifs is 1. The Morgan fingerprint density at radius 1 is 1.28 bits per heavy atom. The molecule has 25 heavy (non-hydrogen) atoms. The maximum absolute atomic E-state index is 12.5. The van der Waals surface area contributed by atoms with Gasteiger partial charge in [0.1, 0.15) is 12.0 Å². The Hall–Kier alpha value is -3.26. The van der Waals surface area contributed by atoms with E-state index in [4.69, 9.17) is 10.5 Å². The van der Waals surface area contributed by atoms with Crippen LogP contribution in [0.15, 0.2) is 42.7 Å². The van der Waals surface area contributed by atoms with Crippen molar-refractivity contribution in [3.63, 3.8) is 0 Å². The number of ether oxygens (including phenoxy) is 1. The van der Waals surface area contributed by atoms with Crippen LogP contribution in [0.3, 0.4) is 0 Å². The monoisotopic (exact) mass is 339 g/mol. The van der Waals surface area contributed by atoms with Gasteiger partial charge in [-0.05, 0) is 6.07 Å². The molecular weight excluding hydrogens is 322 g/mol. The van der Waals surface area contributed by atoms with E-state index in [-0.39, 0.29) is 17.2 Å². The topological polar surface area (TPSA) is 112 Å². The fourth-order valence-electron chi connectivity index (χ4n) is 2.43. The lowest BCUT2D eigenvalue weighted by atomic mass is 10.1. The molecule has 0 radical (unpaired) electrons. The predicted molar refractivity (Wildman–Crippen MR) is 91.2 cm³/mol. The third-order valence-corrected chi connectivity index (χ3v) is 3.63. The number of amides is 2. The number of carbonyl (C=O) groups is 2. The van der Waals surface area contributed by atoms with Crippen LogP contribution in [0.5, 0.6) is 0 Å². The van der Waals surface area contributed by atoms with Crippen molar-refractivity contribution in [3.05, 3.63) is 54.1 Å². The van der Waals surface area contributed by atoms with Gasteiger partial charge < -0.3 is 15.8 Å². The molecule has 0 spiro atoms. The molecule has 3 rings (SSSR count). The number of aromatic nitrogens is 3. The molecule has 3 N–H and O–H groups in total. The Kier molecular flexibility index (Phi) is 4.71. The van der Waals surface area contributed by atoms with Crippen molar-refractivity contribution in [3.8, 4) is 11.3 Å². The summed E-state index contributed by atoms with van der Waals surface area (Å²) in [7, 11) is 1.55. The minimum atomic E-state index is -0.703. The van der Waals surface area contributed by atoms with Crippen molar-refractivity contribution in [1.82, 2.24) is 19.7 Å². The van der Waals surface area contributed by atoms with Crippen LogP contribution in [0.1, 0.15) is 21.0 Å². The lowest BCUT2D eigenvalue weighted by Crippen LogP contribution is -2.28. The number of nitrogens with one attached hydrogen (secondary N) is 1. The van der Waals surface area contributed by atoms with Gasteiger partial charge in [0.2, 0.25) is 0 Å². The molecule has 1 aromatic carbocycles. The number of nitrogens with zero attached hydrogens (tertiary/aromatic N) is 3. The maximum Gasteiger partial charge on any atom is 0.271 e. The second-order valence-electron chi connectivity index (χ2n) is 5.29. The van der Waals surface area contributed by atoms with Crippen LogP contribution in [0.2, 0.25) is 0 Å². The lowest BCUT2D eigenvalue weighted by molar-refractivity contribution is 0.0929. The molecule has 2 aromatic heterocycles. The molecule has 2 heterocycles. The van der Waals surface area contributed by atoms with E-state index < -0.39 is 5.91 Å². The minimum Gasteiger partial charge on any atom is -0.383 e. The number of carbonyl (C=O) groups excluding carboxylic acids is 2. The summed E-state index contributed by atoms with van der Waals surface area (Å²) in [4.78, 5) is 32.6. The fourth-order valence-corrected chi connectivity index (χ4v) is 2.43. The molecule has 0 fully saturated rings. The molecule has 0 saturated heterocycles. The zero-order chi connectivity index (χ0) is 17.8. The number of primary amides is 1. The third-order valence-electron chi connectivity index (χ3n) is 3.63. The van der Waals surface area contributed by atoms with E-state index in [0.717, 1.165) is 5.56 Å². The SMILES string of the molecule is COCCNC(=O)c1cc(-c2ccccc2)nc2c(C(N)=O)ncn12. The highest BCUT2D eigenvalue weighted by molar-refractivity contribution is 5.99. The third kappa shape index (κ3) is 3.33. The molecule has 0 atom stereocenters. The van der Waals surface area contributed by atoms with Crippen LogP contribution in [-0.4, -0.2) is 46.4 Å². The van der Waals surface area contributed by atoms with Crippen molar-refractivity contribution in [2.75, 3.05) is 20.3 Å². The number of hydrogen-bond donors (Lipinski definition) is 2. The standard InChI is InChI=1S/C17H17N5O3/c1-25-8-7-19-17(24)13-9-12(11-5-3-2-4-6-11)21-16-14(15(18)23)20-10-22(13)16/h2-6,9-10H,7-8H2,1H3,(H2,18,23)(H,19,24). The largest absolute Gasteiger partial charge is 0.383 e. The van der Waals surface area contributed by atoms with Crippen LogP contribution in [-0.2, 0) is 4.74 Å². The molecule has 0 saturated carbocycles. The Morgan fingerprint density at radius 2 is 2.04 bits per heavy atom. The second-order valence-corrected chi connectivity index (χ2v) is 5.29. The molecule has 3 aromatic rings. The van der Waals surface area contributed by atoms with E-state index in [2.05, 4.69) is 15.3 Å². The smallest absolute Gasteiger partial charge is 0.271 e. The summed E-state index contributed by atoms with van der Waals surface area (Å²) in [6, 6.07) is 11.0. The molecule has 8 nitrogen and oxygen atoms in total. The number of benzene rings is 1. The highest BCUT2D eigenvalue weighted by Gasteiger charge is 2.19. The quantitative estimate of drug-likeness (QED) is 0.647. The first-order valence-electron chi connectivity index (χ1n) is 7.62. The Balaban J connectivity index is 2.14. The van der Waals surface area contributed by atoms with Gasteiger partial charge in [0.15, 0.2) is 11.3 Å². The normalized spacial score (nSPS) is 10.8. The predicted octanol–water partition coefficient (Wildman–Crippen LogP) is 0.871. The summed E-state index contributed by atoms with van der Waals surface area (Å²) in [5.41, 5.74) is 7.29. The number of rotatable bonds is 6. The first-order chi connectivity index (χ1) is 12.1.